The van der Waals surface area contributed by atoms with Gasteiger partial charge in [-0.15, -0.1) is 0 Å². The zero-order chi connectivity index (χ0) is 15.8. The van der Waals surface area contributed by atoms with Gasteiger partial charge in [0.2, 0.25) is 0 Å². The molecule has 0 spiro atoms. The van der Waals surface area contributed by atoms with Gasteiger partial charge in [-0.3, -0.25) is 0 Å². The molecule has 0 rings (SSSR count). The van der Waals surface area contributed by atoms with Crippen molar-refractivity contribution in [1.82, 2.24) is 0 Å². The Bertz CT molecular complexity index is 305. The van der Waals surface area contributed by atoms with E-state index in [9.17, 15) is 13.0 Å². The van der Waals surface area contributed by atoms with Gasteiger partial charge in [0.05, 0.1) is 10.1 Å². The van der Waals surface area contributed by atoms with E-state index >= 15 is 0 Å². The summed E-state index contributed by atoms with van der Waals surface area (Å²) >= 11 is 0. The normalized spacial score (nSPS) is 11.4. The van der Waals surface area contributed by atoms with Gasteiger partial charge in [-0.05, 0) is 6.42 Å². The predicted octanol–water partition coefficient (Wildman–Crippen LogP) is 2.41. The Hall–Kier alpha value is 0.507. The molecule has 5 heteroatoms. The van der Waals surface area contributed by atoms with E-state index in [4.69, 9.17) is 0 Å². The topological polar surface area (TPSA) is 57.2 Å². The molecule has 0 saturated carbocycles. The van der Waals surface area contributed by atoms with Crippen molar-refractivity contribution in [2.75, 3.05) is 5.75 Å². The van der Waals surface area contributed by atoms with E-state index in [0.717, 1.165) is 12.8 Å². The summed E-state index contributed by atoms with van der Waals surface area (Å²) in [6.07, 6.45) is 18.6. The van der Waals surface area contributed by atoms with E-state index in [2.05, 4.69) is 6.92 Å². The molecule has 0 aliphatic heterocycles. The van der Waals surface area contributed by atoms with Crippen LogP contribution in [0.3, 0.4) is 0 Å². The average Bonchev–Trinajstić information content (AvgIpc) is 2.42. The molecule has 3 nitrogen and oxygen atoms in total. The first kappa shape index (κ1) is 24.8. The van der Waals surface area contributed by atoms with Crippen molar-refractivity contribution in [2.24, 2.45) is 0 Å². The van der Waals surface area contributed by atoms with Gasteiger partial charge < -0.3 is 4.55 Å². The van der Waals surface area contributed by atoms with Gasteiger partial charge in [0, 0.05) is 5.75 Å². The van der Waals surface area contributed by atoms with Crippen LogP contribution in [0, 0.1) is 0 Å². The van der Waals surface area contributed by atoms with Crippen molar-refractivity contribution in [3.8, 4) is 0 Å². The smallest absolute Gasteiger partial charge is 0.748 e. The molecule has 22 heavy (non-hydrogen) atoms. The molecule has 128 valence electrons. The minimum atomic E-state index is -3.99. The first-order chi connectivity index (χ1) is 10.1. The Balaban J connectivity index is 0. The van der Waals surface area contributed by atoms with E-state index in [0.29, 0.717) is 6.42 Å². The average molecular weight is 326 g/mol. The van der Waals surface area contributed by atoms with Gasteiger partial charge in [-0.2, -0.15) is 0 Å². The molecule has 0 aliphatic carbocycles. The van der Waals surface area contributed by atoms with Crippen LogP contribution in [0.5, 0.6) is 0 Å². The number of rotatable bonds is 16. The van der Waals surface area contributed by atoms with Crippen LogP contribution in [0.4, 0.5) is 0 Å². The molecular weight excluding hydrogens is 291 g/mol. The number of hydrogen-bond acceptors (Lipinski definition) is 3. The molecule has 0 aliphatic rings. The summed E-state index contributed by atoms with van der Waals surface area (Å²) in [4.78, 5) is 0. The molecule has 0 unspecified atom stereocenters. The van der Waals surface area contributed by atoms with Gasteiger partial charge in [0.25, 0.3) is 0 Å². The van der Waals surface area contributed by atoms with Crippen molar-refractivity contribution < 1.29 is 31.8 Å². The minimum Gasteiger partial charge on any atom is -0.748 e. The van der Waals surface area contributed by atoms with Crippen molar-refractivity contribution in [3.63, 3.8) is 0 Å². The largest absolute Gasteiger partial charge is 1.00 e. The summed E-state index contributed by atoms with van der Waals surface area (Å²) in [7, 11) is -3.99. The monoisotopic (exact) mass is 326 g/mol. The second-order valence-electron chi connectivity index (χ2n) is 6.21. The second kappa shape index (κ2) is 17.9. The maximum absolute atomic E-state index is 10.4. The van der Waals surface area contributed by atoms with E-state index in [1.165, 1.54) is 77.0 Å². The number of unbranched alkanes of at least 4 members (excludes halogenated alkanes) is 14. The van der Waals surface area contributed by atoms with Gasteiger partial charge in [-0.25, -0.2) is 8.42 Å². The molecule has 0 aromatic carbocycles. The third-order valence-electron chi connectivity index (χ3n) is 4.00. The third kappa shape index (κ3) is 22.8. The molecule has 0 atom stereocenters. The van der Waals surface area contributed by atoms with Gasteiger partial charge >= 0.3 is 18.9 Å². The molecule has 0 heterocycles. The molecule has 0 aromatic heterocycles. The molecule has 0 saturated heterocycles. The predicted molar refractivity (Wildman–Crippen MR) is 89.5 cm³/mol. The van der Waals surface area contributed by atoms with Crippen LogP contribution in [0.15, 0.2) is 0 Å². The van der Waals surface area contributed by atoms with Crippen LogP contribution < -0.4 is 18.9 Å². The van der Waals surface area contributed by atoms with Crippen LogP contribution in [0.1, 0.15) is 103 Å². The summed E-state index contributed by atoms with van der Waals surface area (Å²) < 4.78 is 31.2. The Morgan fingerprint density at radius 3 is 1.14 bits per heavy atom. The van der Waals surface area contributed by atoms with E-state index in [1.54, 1.807) is 0 Å². The van der Waals surface area contributed by atoms with Crippen LogP contribution >= 0.6 is 0 Å². The SMILES string of the molecule is CCCCCCCCCCCCCCCCCS(=O)(=O)[O-].[Li+]. The summed E-state index contributed by atoms with van der Waals surface area (Å²) in [6, 6.07) is 0. The Morgan fingerprint density at radius 2 is 0.864 bits per heavy atom. The van der Waals surface area contributed by atoms with Gasteiger partial charge in [0.1, 0.15) is 0 Å². The molecule has 0 radical (unpaired) electrons. The minimum absolute atomic E-state index is 0. The fourth-order valence-electron chi connectivity index (χ4n) is 2.65. The first-order valence-corrected chi connectivity index (χ1v) is 10.6. The summed E-state index contributed by atoms with van der Waals surface area (Å²) in [5, 5.41) is 0. The van der Waals surface area contributed by atoms with Gasteiger partial charge in [0.15, 0.2) is 0 Å². The van der Waals surface area contributed by atoms with Crippen molar-refractivity contribution >= 4 is 10.1 Å². The quantitative estimate of drug-likeness (QED) is 0.249. The fraction of sp³-hybridized carbons (Fsp3) is 1.00. The fourth-order valence-corrected chi connectivity index (χ4v) is 3.21. The van der Waals surface area contributed by atoms with E-state index in [1.807, 2.05) is 0 Å². The number of hydrogen-bond donors (Lipinski definition) is 0. The van der Waals surface area contributed by atoms with Crippen LogP contribution in [0.25, 0.3) is 0 Å². The summed E-state index contributed by atoms with van der Waals surface area (Å²) in [5.74, 6) is -0.189. The van der Waals surface area contributed by atoms with Crippen molar-refractivity contribution in [1.29, 1.82) is 0 Å². The van der Waals surface area contributed by atoms with E-state index in [-0.39, 0.29) is 24.6 Å². The standard InChI is InChI=1S/C17H36O3S.Li/c1-2-3-4-5-6-7-8-9-10-11-12-13-14-15-16-17-21(18,19)20;/h2-17H2,1H3,(H,18,19,20);/q;+1/p-1. The van der Waals surface area contributed by atoms with E-state index < -0.39 is 10.1 Å². The Labute approximate surface area is 151 Å². The van der Waals surface area contributed by atoms with Crippen molar-refractivity contribution in [3.05, 3.63) is 0 Å². The maximum Gasteiger partial charge on any atom is 1.00 e. The Morgan fingerprint density at radius 1 is 0.591 bits per heavy atom. The van der Waals surface area contributed by atoms with Gasteiger partial charge in [-0.1, -0.05) is 96.8 Å². The Kier molecular flexibility index (Phi) is 20.1. The molecular formula is C17H35LiO3S. The van der Waals surface area contributed by atoms with Crippen LogP contribution in [-0.2, 0) is 10.1 Å². The van der Waals surface area contributed by atoms with Crippen molar-refractivity contribution in [2.45, 2.75) is 103 Å². The van der Waals surface area contributed by atoms with Crippen LogP contribution in [0.2, 0.25) is 0 Å². The second-order valence-corrected chi connectivity index (χ2v) is 7.74. The maximum atomic E-state index is 10.4. The third-order valence-corrected chi connectivity index (χ3v) is 4.79. The zero-order valence-corrected chi connectivity index (χ0v) is 15.8. The molecule has 0 N–H and O–H groups in total. The summed E-state index contributed by atoms with van der Waals surface area (Å²) in [5.41, 5.74) is 0. The molecule has 0 amide bonds. The summed E-state index contributed by atoms with van der Waals surface area (Å²) in [6.45, 7) is 2.26. The first-order valence-electron chi connectivity index (χ1n) is 9.00. The van der Waals surface area contributed by atoms with Crippen LogP contribution in [-0.4, -0.2) is 18.7 Å². The molecule has 0 aromatic rings. The molecule has 0 fully saturated rings. The molecule has 0 bridgehead atoms. The zero-order valence-electron chi connectivity index (χ0n) is 14.9.